The molecule has 1 saturated heterocycles. The van der Waals surface area contributed by atoms with Gasteiger partial charge in [0.1, 0.15) is 0 Å². The number of nitrogens with one attached hydrogen (secondary N) is 1. The standard InChI is InChI=1S/C9H19N3O.2ClH/c1-11(2)9(13)3-6-12-7-4-10-5-8-12;;/h10H,3-8H2,1-2H3;2*1H. The van der Waals surface area contributed by atoms with Gasteiger partial charge >= 0.3 is 0 Å². The maximum absolute atomic E-state index is 11.3. The van der Waals surface area contributed by atoms with Crippen LogP contribution in [0.5, 0.6) is 0 Å². The molecule has 0 aromatic carbocycles. The molecule has 1 N–H and O–H groups in total. The number of hydrogen-bond acceptors (Lipinski definition) is 3. The molecule has 0 aromatic heterocycles. The minimum Gasteiger partial charge on any atom is -0.349 e. The van der Waals surface area contributed by atoms with Gasteiger partial charge in [0, 0.05) is 53.2 Å². The van der Waals surface area contributed by atoms with Crippen molar-refractivity contribution in [2.75, 3.05) is 46.8 Å². The summed E-state index contributed by atoms with van der Waals surface area (Å²) in [6.07, 6.45) is 0.646. The van der Waals surface area contributed by atoms with Crippen LogP contribution in [0.15, 0.2) is 0 Å². The van der Waals surface area contributed by atoms with Gasteiger partial charge in [0.2, 0.25) is 5.91 Å². The van der Waals surface area contributed by atoms with Crippen LogP contribution in [-0.2, 0) is 4.79 Å². The normalized spacial score (nSPS) is 16.1. The smallest absolute Gasteiger partial charge is 0.223 e. The lowest BCUT2D eigenvalue weighted by Gasteiger charge is -2.27. The van der Waals surface area contributed by atoms with Crippen LogP contribution in [0.3, 0.4) is 0 Å². The molecular formula is C9H21Cl2N3O. The second-order valence-corrected chi connectivity index (χ2v) is 3.63. The fourth-order valence-electron chi connectivity index (χ4n) is 1.41. The van der Waals surface area contributed by atoms with Crippen molar-refractivity contribution in [2.45, 2.75) is 6.42 Å². The first-order chi connectivity index (χ1) is 6.20. The number of amides is 1. The molecule has 1 heterocycles. The van der Waals surface area contributed by atoms with Gasteiger partial charge in [-0.2, -0.15) is 0 Å². The topological polar surface area (TPSA) is 35.6 Å². The number of halogens is 2. The second kappa shape index (κ2) is 9.21. The molecule has 0 spiro atoms. The van der Waals surface area contributed by atoms with E-state index in [0.717, 1.165) is 32.7 Å². The van der Waals surface area contributed by atoms with E-state index < -0.39 is 0 Å². The van der Waals surface area contributed by atoms with Gasteiger partial charge in [-0.1, -0.05) is 0 Å². The highest BCUT2D eigenvalue weighted by Gasteiger charge is 2.11. The molecule has 0 unspecified atom stereocenters. The van der Waals surface area contributed by atoms with Crippen LogP contribution in [0.4, 0.5) is 0 Å². The predicted molar refractivity (Wildman–Crippen MR) is 67.1 cm³/mol. The van der Waals surface area contributed by atoms with Crippen molar-refractivity contribution < 1.29 is 4.79 Å². The van der Waals surface area contributed by atoms with E-state index in [4.69, 9.17) is 0 Å². The van der Waals surface area contributed by atoms with Crippen LogP contribution in [-0.4, -0.2) is 62.5 Å². The van der Waals surface area contributed by atoms with E-state index in [2.05, 4.69) is 10.2 Å². The summed E-state index contributed by atoms with van der Waals surface area (Å²) in [5, 5.41) is 3.29. The largest absolute Gasteiger partial charge is 0.349 e. The second-order valence-electron chi connectivity index (χ2n) is 3.63. The van der Waals surface area contributed by atoms with Crippen molar-refractivity contribution in [1.82, 2.24) is 15.1 Å². The molecule has 0 aromatic rings. The van der Waals surface area contributed by atoms with E-state index >= 15 is 0 Å². The molecule has 6 heteroatoms. The van der Waals surface area contributed by atoms with Crippen molar-refractivity contribution in [3.8, 4) is 0 Å². The summed E-state index contributed by atoms with van der Waals surface area (Å²) in [7, 11) is 3.61. The summed E-state index contributed by atoms with van der Waals surface area (Å²) in [5.74, 6) is 0.221. The summed E-state index contributed by atoms with van der Waals surface area (Å²) in [4.78, 5) is 15.3. The molecule has 92 valence electrons. The Kier molecular flexibility index (Phi) is 10.7. The minimum absolute atomic E-state index is 0. The predicted octanol–water partition coefficient (Wildman–Crippen LogP) is 0.213. The van der Waals surface area contributed by atoms with Gasteiger partial charge in [-0.25, -0.2) is 0 Å². The maximum Gasteiger partial charge on any atom is 0.223 e. The Labute approximate surface area is 104 Å². The van der Waals surface area contributed by atoms with E-state index in [1.54, 1.807) is 19.0 Å². The number of nitrogens with zero attached hydrogens (tertiary/aromatic N) is 2. The minimum atomic E-state index is 0. The Morgan fingerprint density at radius 2 is 1.80 bits per heavy atom. The van der Waals surface area contributed by atoms with Gasteiger partial charge in [-0.05, 0) is 0 Å². The van der Waals surface area contributed by atoms with Gasteiger partial charge in [-0.15, -0.1) is 24.8 Å². The molecular weight excluding hydrogens is 237 g/mol. The zero-order valence-electron chi connectivity index (χ0n) is 9.36. The van der Waals surface area contributed by atoms with E-state index in [1.165, 1.54) is 0 Å². The lowest BCUT2D eigenvalue weighted by Crippen LogP contribution is -2.44. The fourth-order valence-corrected chi connectivity index (χ4v) is 1.41. The Bertz CT molecular complexity index is 173. The van der Waals surface area contributed by atoms with E-state index in [1.807, 2.05) is 0 Å². The lowest BCUT2D eigenvalue weighted by molar-refractivity contribution is -0.129. The number of carbonyl (C=O) groups excluding carboxylic acids is 1. The quantitative estimate of drug-likeness (QED) is 0.786. The summed E-state index contributed by atoms with van der Waals surface area (Å²) in [5.41, 5.74) is 0. The van der Waals surface area contributed by atoms with Gasteiger partial charge in [0.25, 0.3) is 0 Å². The monoisotopic (exact) mass is 257 g/mol. The molecule has 15 heavy (non-hydrogen) atoms. The first kappa shape index (κ1) is 17.4. The van der Waals surface area contributed by atoms with Gasteiger partial charge in [-0.3, -0.25) is 4.79 Å². The van der Waals surface area contributed by atoms with Crippen LogP contribution in [0.25, 0.3) is 0 Å². The van der Waals surface area contributed by atoms with E-state index in [-0.39, 0.29) is 30.7 Å². The SMILES string of the molecule is CN(C)C(=O)CCN1CCNCC1.Cl.Cl. The number of rotatable bonds is 3. The average molecular weight is 258 g/mol. The van der Waals surface area contributed by atoms with Crippen molar-refractivity contribution in [2.24, 2.45) is 0 Å². The zero-order valence-corrected chi connectivity index (χ0v) is 11.0. The summed E-state index contributed by atoms with van der Waals surface area (Å²) in [6.45, 7) is 5.15. The molecule has 1 aliphatic heterocycles. The Morgan fingerprint density at radius 3 is 2.27 bits per heavy atom. The Hall–Kier alpha value is -0.0300. The number of carbonyl (C=O) groups is 1. The lowest BCUT2D eigenvalue weighted by atomic mass is 10.3. The first-order valence-electron chi connectivity index (χ1n) is 4.83. The van der Waals surface area contributed by atoms with Crippen LogP contribution < -0.4 is 5.32 Å². The van der Waals surface area contributed by atoms with Gasteiger partial charge < -0.3 is 15.1 Å². The van der Waals surface area contributed by atoms with Crippen molar-refractivity contribution in [3.63, 3.8) is 0 Å². The van der Waals surface area contributed by atoms with E-state index in [9.17, 15) is 4.79 Å². The third kappa shape index (κ3) is 6.95. The highest BCUT2D eigenvalue weighted by Crippen LogP contribution is 1.95. The van der Waals surface area contributed by atoms with E-state index in [0.29, 0.717) is 6.42 Å². The molecule has 1 amide bonds. The number of piperazine rings is 1. The van der Waals surface area contributed by atoms with Crippen molar-refractivity contribution in [3.05, 3.63) is 0 Å². The molecule has 1 fully saturated rings. The van der Waals surface area contributed by atoms with Gasteiger partial charge in [0.05, 0.1) is 0 Å². The zero-order chi connectivity index (χ0) is 9.68. The first-order valence-corrected chi connectivity index (χ1v) is 4.83. The molecule has 1 rings (SSSR count). The molecule has 0 saturated carbocycles. The summed E-state index contributed by atoms with van der Waals surface area (Å²) >= 11 is 0. The van der Waals surface area contributed by atoms with Crippen molar-refractivity contribution >= 4 is 30.7 Å². The van der Waals surface area contributed by atoms with Gasteiger partial charge in [0.15, 0.2) is 0 Å². The molecule has 0 bridgehead atoms. The van der Waals surface area contributed by atoms with Crippen molar-refractivity contribution in [1.29, 1.82) is 0 Å². The van der Waals surface area contributed by atoms with Crippen LogP contribution in [0.1, 0.15) is 6.42 Å². The highest BCUT2D eigenvalue weighted by molar-refractivity contribution is 5.85. The highest BCUT2D eigenvalue weighted by atomic mass is 35.5. The summed E-state index contributed by atoms with van der Waals surface area (Å²) < 4.78 is 0. The third-order valence-corrected chi connectivity index (χ3v) is 2.35. The molecule has 0 atom stereocenters. The number of hydrogen-bond donors (Lipinski definition) is 1. The maximum atomic E-state index is 11.3. The van der Waals surface area contributed by atoms with Crippen LogP contribution in [0.2, 0.25) is 0 Å². The molecule has 0 radical (unpaired) electrons. The molecule has 4 nitrogen and oxygen atoms in total. The average Bonchev–Trinajstić information content (AvgIpc) is 2.15. The summed E-state index contributed by atoms with van der Waals surface area (Å²) in [6, 6.07) is 0. The Balaban J connectivity index is 0. The third-order valence-electron chi connectivity index (χ3n) is 2.35. The molecule has 0 aliphatic carbocycles. The van der Waals surface area contributed by atoms with Crippen LogP contribution in [0, 0.1) is 0 Å². The van der Waals surface area contributed by atoms with Crippen LogP contribution >= 0.6 is 24.8 Å². The Morgan fingerprint density at radius 1 is 1.27 bits per heavy atom. The fraction of sp³-hybridized carbons (Fsp3) is 0.889. The molecule has 1 aliphatic rings.